The van der Waals surface area contributed by atoms with Crippen LogP contribution < -0.4 is 0 Å². The van der Waals surface area contributed by atoms with Crippen LogP contribution in [0.2, 0.25) is 0 Å². The minimum Gasteiger partial charge on any atom is -0.276 e. The number of unbranched alkanes of at least 4 members (excludes halogenated alkanes) is 4. The van der Waals surface area contributed by atoms with Crippen LogP contribution in [0.4, 0.5) is 0 Å². The summed E-state index contributed by atoms with van der Waals surface area (Å²) in [7, 11) is 0. The monoisotopic (exact) mass is 364 g/mol. The van der Waals surface area contributed by atoms with Crippen molar-refractivity contribution in [3.63, 3.8) is 0 Å². The topological polar surface area (TPSA) is 51.2 Å². The molecule has 0 heterocycles. The second-order valence-electron chi connectivity index (χ2n) is 4.68. The predicted molar refractivity (Wildman–Crippen MR) is 91.4 cm³/mol. The molecule has 122 valence electrons. The standard InChI is InChI=1S/C9H3Cl3O3.C7H16/c10-7(13)4-1-5(8(11)14)3-6(2-4)9(12)15;1-3-5-7-6-4-2/h1-3H;3-7H2,1-2H3. The van der Waals surface area contributed by atoms with Gasteiger partial charge in [-0.25, -0.2) is 0 Å². The summed E-state index contributed by atoms with van der Waals surface area (Å²) in [6.07, 6.45) is 7.01. The third kappa shape index (κ3) is 8.52. The van der Waals surface area contributed by atoms with Gasteiger partial charge in [0.05, 0.1) is 0 Å². The first-order valence-corrected chi connectivity index (χ1v) is 8.21. The number of carbonyl (C=O) groups excluding carboxylic acids is 3. The highest BCUT2D eigenvalue weighted by Gasteiger charge is 2.12. The normalized spacial score (nSPS) is 9.68. The van der Waals surface area contributed by atoms with Crippen LogP contribution in [0.3, 0.4) is 0 Å². The molecular weight excluding hydrogens is 347 g/mol. The average Bonchev–Trinajstić information content (AvgIpc) is 2.47. The molecule has 22 heavy (non-hydrogen) atoms. The largest absolute Gasteiger partial charge is 0.276 e. The molecule has 6 heteroatoms. The van der Waals surface area contributed by atoms with Gasteiger partial charge in [-0.1, -0.05) is 46.0 Å². The van der Waals surface area contributed by atoms with Crippen molar-refractivity contribution in [3.8, 4) is 0 Å². The number of benzene rings is 1. The Morgan fingerprint density at radius 2 is 0.955 bits per heavy atom. The fraction of sp³-hybridized carbons (Fsp3) is 0.438. The molecule has 1 aromatic carbocycles. The van der Waals surface area contributed by atoms with Crippen LogP contribution in [0, 0.1) is 0 Å². The van der Waals surface area contributed by atoms with Crippen molar-refractivity contribution >= 4 is 50.5 Å². The quantitative estimate of drug-likeness (QED) is 0.453. The van der Waals surface area contributed by atoms with Gasteiger partial charge in [0.15, 0.2) is 0 Å². The van der Waals surface area contributed by atoms with E-state index in [2.05, 4.69) is 13.8 Å². The highest BCUT2D eigenvalue weighted by Crippen LogP contribution is 2.16. The Kier molecular flexibility index (Phi) is 11.2. The van der Waals surface area contributed by atoms with E-state index >= 15 is 0 Å². The van der Waals surface area contributed by atoms with E-state index in [4.69, 9.17) is 34.8 Å². The van der Waals surface area contributed by atoms with Crippen LogP contribution >= 0.6 is 34.8 Å². The molecule has 1 rings (SSSR count). The van der Waals surface area contributed by atoms with Crippen LogP contribution in [0.1, 0.15) is 77.0 Å². The van der Waals surface area contributed by atoms with Gasteiger partial charge in [0, 0.05) is 16.7 Å². The van der Waals surface area contributed by atoms with Gasteiger partial charge in [0.2, 0.25) is 0 Å². The summed E-state index contributed by atoms with van der Waals surface area (Å²) < 4.78 is 0. The van der Waals surface area contributed by atoms with Gasteiger partial charge in [-0.15, -0.1) is 0 Å². The van der Waals surface area contributed by atoms with Crippen molar-refractivity contribution in [2.75, 3.05) is 0 Å². The van der Waals surface area contributed by atoms with Crippen molar-refractivity contribution in [2.45, 2.75) is 46.0 Å². The van der Waals surface area contributed by atoms with E-state index in [0.29, 0.717) is 0 Å². The Bertz CT molecular complexity index is 444. The number of rotatable bonds is 7. The molecule has 0 saturated heterocycles. The van der Waals surface area contributed by atoms with Gasteiger partial charge in [-0.3, -0.25) is 14.4 Å². The summed E-state index contributed by atoms with van der Waals surface area (Å²) in [4.78, 5) is 32.6. The van der Waals surface area contributed by atoms with Crippen molar-refractivity contribution in [3.05, 3.63) is 34.9 Å². The molecule has 0 fully saturated rings. The van der Waals surface area contributed by atoms with Crippen molar-refractivity contribution in [1.82, 2.24) is 0 Å². The molecule has 0 aliphatic heterocycles. The third-order valence-electron chi connectivity index (χ3n) is 2.82. The van der Waals surface area contributed by atoms with Crippen LogP contribution in [-0.4, -0.2) is 15.7 Å². The molecule has 0 spiro atoms. The van der Waals surface area contributed by atoms with Gasteiger partial charge in [0.25, 0.3) is 15.7 Å². The molecular formula is C16H19Cl3O3. The van der Waals surface area contributed by atoms with E-state index in [-0.39, 0.29) is 16.7 Å². The van der Waals surface area contributed by atoms with E-state index in [1.807, 2.05) is 0 Å². The molecule has 0 N–H and O–H groups in total. The highest BCUT2D eigenvalue weighted by molar-refractivity contribution is 6.70. The summed E-state index contributed by atoms with van der Waals surface area (Å²) in [5, 5.41) is -2.39. The zero-order chi connectivity index (χ0) is 17.1. The number of hydrogen-bond donors (Lipinski definition) is 0. The number of carbonyl (C=O) groups is 3. The molecule has 3 nitrogen and oxygen atoms in total. The Balaban J connectivity index is 0.000000534. The summed E-state index contributed by atoms with van der Waals surface area (Å²) in [6.45, 7) is 4.49. The van der Waals surface area contributed by atoms with E-state index in [1.165, 1.54) is 50.3 Å². The molecule has 0 amide bonds. The molecule has 1 aromatic rings. The molecule has 0 unspecified atom stereocenters. The smallest absolute Gasteiger partial charge is 0.252 e. The van der Waals surface area contributed by atoms with E-state index < -0.39 is 15.7 Å². The third-order valence-corrected chi connectivity index (χ3v) is 3.48. The lowest BCUT2D eigenvalue weighted by Gasteiger charge is -2.00. The lowest BCUT2D eigenvalue weighted by Crippen LogP contribution is -2.00. The summed E-state index contributed by atoms with van der Waals surface area (Å²) in [5.74, 6) is 0. The Hall–Kier alpha value is -0.900. The summed E-state index contributed by atoms with van der Waals surface area (Å²) in [5.41, 5.74) is -0.0218. The fourth-order valence-corrected chi connectivity index (χ4v) is 1.97. The maximum Gasteiger partial charge on any atom is 0.252 e. The van der Waals surface area contributed by atoms with Gasteiger partial charge in [-0.2, -0.15) is 0 Å². The minimum absolute atomic E-state index is 0.00725. The molecule has 0 bridgehead atoms. The first-order chi connectivity index (χ1) is 10.3. The highest BCUT2D eigenvalue weighted by atomic mass is 35.5. The SMILES string of the molecule is CCCCCCC.O=C(Cl)c1cc(C(=O)Cl)cc(C(=O)Cl)c1. The Morgan fingerprint density at radius 3 is 1.14 bits per heavy atom. The van der Waals surface area contributed by atoms with Gasteiger partial charge in [-0.05, 0) is 53.0 Å². The van der Waals surface area contributed by atoms with Crippen molar-refractivity contribution in [1.29, 1.82) is 0 Å². The zero-order valence-electron chi connectivity index (χ0n) is 12.6. The number of halogens is 3. The fourth-order valence-electron chi connectivity index (χ4n) is 1.64. The summed E-state index contributed by atoms with van der Waals surface area (Å²) in [6, 6.07) is 3.57. The average molecular weight is 366 g/mol. The van der Waals surface area contributed by atoms with Crippen LogP contribution in [-0.2, 0) is 0 Å². The molecule has 0 aliphatic rings. The Labute approximate surface area is 145 Å². The van der Waals surface area contributed by atoms with E-state index in [0.717, 1.165) is 0 Å². The van der Waals surface area contributed by atoms with E-state index in [9.17, 15) is 14.4 Å². The summed E-state index contributed by atoms with van der Waals surface area (Å²) >= 11 is 15.6. The van der Waals surface area contributed by atoms with Gasteiger partial charge in [0.1, 0.15) is 0 Å². The van der Waals surface area contributed by atoms with Crippen LogP contribution in [0.5, 0.6) is 0 Å². The molecule has 0 saturated carbocycles. The van der Waals surface area contributed by atoms with Gasteiger partial charge < -0.3 is 0 Å². The van der Waals surface area contributed by atoms with Crippen LogP contribution in [0.15, 0.2) is 18.2 Å². The van der Waals surface area contributed by atoms with Gasteiger partial charge >= 0.3 is 0 Å². The first kappa shape index (κ1) is 21.1. The second kappa shape index (κ2) is 11.6. The van der Waals surface area contributed by atoms with E-state index in [1.54, 1.807) is 0 Å². The predicted octanol–water partition coefficient (Wildman–Crippen LogP) is 5.80. The maximum atomic E-state index is 10.9. The lowest BCUT2D eigenvalue weighted by molar-refractivity contribution is 0.108. The van der Waals surface area contributed by atoms with Crippen molar-refractivity contribution in [2.24, 2.45) is 0 Å². The molecule has 0 aliphatic carbocycles. The zero-order valence-corrected chi connectivity index (χ0v) is 14.9. The Morgan fingerprint density at radius 1 is 0.682 bits per heavy atom. The van der Waals surface area contributed by atoms with Crippen molar-refractivity contribution < 1.29 is 14.4 Å². The second-order valence-corrected chi connectivity index (χ2v) is 5.71. The lowest BCUT2D eigenvalue weighted by atomic mass is 10.1. The minimum atomic E-state index is -0.797. The maximum absolute atomic E-state index is 10.9. The molecule has 0 atom stereocenters. The number of hydrogen-bond acceptors (Lipinski definition) is 3. The first-order valence-electron chi connectivity index (χ1n) is 7.08. The molecule has 0 aromatic heterocycles. The van der Waals surface area contributed by atoms with Crippen LogP contribution in [0.25, 0.3) is 0 Å². The molecule has 0 radical (unpaired) electrons.